The van der Waals surface area contributed by atoms with Crippen molar-refractivity contribution in [3.8, 4) is 5.69 Å². The summed E-state index contributed by atoms with van der Waals surface area (Å²) in [6.45, 7) is 0. The monoisotopic (exact) mass is 534 g/mol. The fraction of sp³-hybridized carbons (Fsp3) is 0. The van der Waals surface area contributed by atoms with Crippen LogP contribution in [0.15, 0.2) is 158 Å². The summed E-state index contributed by atoms with van der Waals surface area (Å²) in [7, 11) is 0. The number of hydrogen-bond donors (Lipinski definition) is 0. The van der Waals surface area contributed by atoms with Gasteiger partial charge in [-0.2, -0.15) is 0 Å². The summed E-state index contributed by atoms with van der Waals surface area (Å²) in [6.07, 6.45) is 0. The zero-order chi connectivity index (χ0) is 27.6. The van der Waals surface area contributed by atoms with Crippen molar-refractivity contribution in [1.82, 2.24) is 4.57 Å². The first kappa shape index (κ1) is 23.1. The Bertz CT molecular complexity index is 2350. The van der Waals surface area contributed by atoms with Crippen LogP contribution in [0.2, 0.25) is 0 Å². The summed E-state index contributed by atoms with van der Waals surface area (Å²) in [4.78, 5) is 2.40. The molecule has 0 aliphatic rings. The van der Waals surface area contributed by atoms with Crippen LogP contribution in [0, 0.1) is 0 Å². The number of anilines is 3. The number of aromatic nitrogens is 1. The van der Waals surface area contributed by atoms with E-state index in [0.29, 0.717) is 0 Å². The maximum atomic E-state index is 2.46. The molecule has 0 bridgehead atoms. The van der Waals surface area contributed by atoms with Crippen LogP contribution in [0.25, 0.3) is 59.8 Å². The van der Waals surface area contributed by atoms with Gasteiger partial charge in [0.25, 0.3) is 0 Å². The molecule has 0 aliphatic carbocycles. The first-order chi connectivity index (χ1) is 20.9. The van der Waals surface area contributed by atoms with Crippen LogP contribution in [0.5, 0.6) is 0 Å². The maximum Gasteiger partial charge on any atom is 0.0626 e. The first-order valence-electron chi connectivity index (χ1n) is 14.5. The van der Waals surface area contributed by atoms with Crippen LogP contribution in [0.4, 0.5) is 17.1 Å². The van der Waals surface area contributed by atoms with Crippen molar-refractivity contribution in [2.24, 2.45) is 0 Å². The van der Waals surface area contributed by atoms with Crippen molar-refractivity contribution in [2.75, 3.05) is 4.90 Å². The Labute approximate surface area is 243 Å². The molecule has 0 radical (unpaired) electrons. The molecule has 0 N–H and O–H groups in total. The van der Waals surface area contributed by atoms with Crippen LogP contribution in [0.3, 0.4) is 0 Å². The molecular formula is C40H26N2. The van der Waals surface area contributed by atoms with Gasteiger partial charge in [0, 0.05) is 44.0 Å². The molecule has 1 aromatic heterocycles. The highest BCUT2D eigenvalue weighted by atomic mass is 15.1. The van der Waals surface area contributed by atoms with Gasteiger partial charge in [0.1, 0.15) is 0 Å². The molecule has 0 fully saturated rings. The summed E-state index contributed by atoms with van der Waals surface area (Å²) in [5.74, 6) is 0. The summed E-state index contributed by atoms with van der Waals surface area (Å²) < 4.78 is 2.46. The lowest BCUT2D eigenvalue weighted by Crippen LogP contribution is -2.10. The van der Waals surface area contributed by atoms with E-state index >= 15 is 0 Å². The van der Waals surface area contributed by atoms with Crippen molar-refractivity contribution >= 4 is 71.2 Å². The van der Waals surface area contributed by atoms with Crippen LogP contribution < -0.4 is 4.90 Å². The highest BCUT2D eigenvalue weighted by Crippen LogP contribution is 2.49. The Balaban J connectivity index is 1.51. The van der Waals surface area contributed by atoms with Gasteiger partial charge in [-0.3, -0.25) is 0 Å². The third kappa shape index (κ3) is 3.21. The molecule has 1 heterocycles. The summed E-state index contributed by atoms with van der Waals surface area (Å²) >= 11 is 0. The number of fused-ring (bicyclic) bond motifs is 5. The van der Waals surface area contributed by atoms with Gasteiger partial charge in [0.2, 0.25) is 0 Å². The van der Waals surface area contributed by atoms with Crippen molar-refractivity contribution in [1.29, 1.82) is 0 Å². The molecule has 42 heavy (non-hydrogen) atoms. The quantitative estimate of drug-likeness (QED) is 0.204. The number of hydrogen-bond acceptors (Lipinski definition) is 1. The van der Waals surface area contributed by atoms with Crippen LogP contribution in [-0.2, 0) is 0 Å². The van der Waals surface area contributed by atoms with Crippen molar-refractivity contribution in [3.63, 3.8) is 0 Å². The topological polar surface area (TPSA) is 8.17 Å². The molecule has 0 saturated carbocycles. The average molecular weight is 535 g/mol. The van der Waals surface area contributed by atoms with E-state index in [1.54, 1.807) is 0 Å². The molecule has 0 saturated heterocycles. The fourth-order valence-corrected chi connectivity index (χ4v) is 7.01. The van der Waals surface area contributed by atoms with E-state index in [4.69, 9.17) is 0 Å². The maximum absolute atomic E-state index is 2.46. The van der Waals surface area contributed by atoms with E-state index in [1.165, 1.54) is 65.5 Å². The molecule has 0 amide bonds. The molecule has 9 aromatic rings. The first-order valence-corrected chi connectivity index (χ1v) is 14.5. The highest BCUT2D eigenvalue weighted by molar-refractivity contribution is 6.39. The predicted octanol–water partition coefficient (Wildman–Crippen LogP) is 11.2. The lowest BCUT2D eigenvalue weighted by Gasteiger charge is -2.28. The predicted molar refractivity (Wildman–Crippen MR) is 179 cm³/mol. The second kappa shape index (κ2) is 8.95. The molecule has 0 aliphatic heterocycles. The summed E-state index contributed by atoms with van der Waals surface area (Å²) in [6, 6.07) is 57.0. The van der Waals surface area contributed by atoms with Gasteiger partial charge in [-0.1, -0.05) is 109 Å². The third-order valence-corrected chi connectivity index (χ3v) is 8.66. The minimum atomic E-state index is 1.14. The smallest absolute Gasteiger partial charge is 0.0626 e. The summed E-state index contributed by atoms with van der Waals surface area (Å²) in [5, 5.41) is 10.3. The van der Waals surface area contributed by atoms with E-state index in [0.717, 1.165) is 11.4 Å². The summed E-state index contributed by atoms with van der Waals surface area (Å²) in [5.41, 5.74) is 7.12. The number of para-hydroxylation sites is 4. The molecule has 196 valence electrons. The largest absolute Gasteiger partial charge is 0.310 e. The molecule has 2 heteroatoms. The standard InChI is InChI=1S/C40H26N2/c1-4-15-28(16-5-1)41(29-17-6-2-7-18-29)36-26-27-14-12-23-33-37(27)38-32(36)22-13-24-34(38)40-39(33)31-21-10-11-25-35(31)42(40)30-19-8-3-9-20-30/h1-26H. The van der Waals surface area contributed by atoms with Gasteiger partial charge in [0.05, 0.1) is 16.7 Å². The van der Waals surface area contributed by atoms with Gasteiger partial charge in [-0.05, 0) is 64.7 Å². The SMILES string of the molecule is c1ccc(N(c2ccccc2)c2cc3cccc4c3c3c2cccc3c2c4c3ccccc3n2-c2ccccc2)cc1. The highest BCUT2D eigenvalue weighted by Gasteiger charge is 2.24. The van der Waals surface area contributed by atoms with Crippen molar-refractivity contribution in [3.05, 3.63) is 158 Å². The molecule has 2 nitrogen and oxygen atoms in total. The van der Waals surface area contributed by atoms with Gasteiger partial charge in [0.15, 0.2) is 0 Å². The van der Waals surface area contributed by atoms with Crippen molar-refractivity contribution < 1.29 is 0 Å². The van der Waals surface area contributed by atoms with Gasteiger partial charge < -0.3 is 9.47 Å². The Morgan fingerprint density at radius 2 is 0.976 bits per heavy atom. The molecular weight excluding hydrogens is 508 g/mol. The van der Waals surface area contributed by atoms with Crippen LogP contribution in [-0.4, -0.2) is 4.57 Å². The minimum absolute atomic E-state index is 1.14. The Kier molecular flexibility index (Phi) is 4.93. The Morgan fingerprint density at radius 1 is 0.405 bits per heavy atom. The minimum Gasteiger partial charge on any atom is -0.310 e. The molecule has 0 atom stereocenters. The zero-order valence-corrected chi connectivity index (χ0v) is 22.9. The Hall–Kier alpha value is -5.60. The van der Waals surface area contributed by atoms with Crippen molar-refractivity contribution in [2.45, 2.75) is 0 Å². The number of benzene rings is 8. The molecule has 0 unspecified atom stereocenters. The van der Waals surface area contributed by atoms with Gasteiger partial charge in [-0.15, -0.1) is 0 Å². The van der Waals surface area contributed by atoms with E-state index in [-0.39, 0.29) is 0 Å². The molecule has 0 spiro atoms. The fourth-order valence-electron chi connectivity index (χ4n) is 7.01. The van der Waals surface area contributed by atoms with Crippen LogP contribution >= 0.6 is 0 Å². The third-order valence-electron chi connectivity index (χ3n) is 8.66. The second-order valence-corrected chi connectivity index (χ2v) is 10.9. The normalized spacial score (nSPS) is 11.8. The van der Waals surface area contributed by atoms with Gasteiger partial charge >= 0.3 is 0 Å². The van der Waals surface area contributed by atoms with E-state index in [1.807, 2.05) is 0 Å². The zero-order valence-electron chi connectivity index (χ0n) is 22.9. The van der Waals surface area contributed by atoms with Crippen LogP contribution in [0.1, 0.15) is 0 Å². The van der Waals surface area contributed by atoms with E-state index in [9.17, 15) is 0 Å². The molecule has 9 rings (SSSR count). The molecule has 8 aromatic carbocycles. The Morgan fingerprint density at radius 3 is 1.71 bits per heavy atom. The second-order valence-electron chi connectivity index (χ2n) is 10.9. The lowest BCUT2D eigenvalue weighted by molar-refractivity contribution is 1.19. The average Bonchev–Trinajstić information content (AvgIpc) is 3.41. The number of rotatable bonds is 4. The van der Waals surface area contributed by atoms with E-state index < -0.39 is 0 Å². The lowest BCUT2D eigenvalue weighted by atomic mass is 9.89. The number of nitrogens with zero attached hydrogens (tertiary/aromatic N) is 2. The van der Waals surface area contributed by atoms with Gasteiger partial charge in [-0.25, -0.2) is 0 Å². The van der Waals surface area contributed by atoms with E-state index in [2.05, 4.69) is 167 Å².